The second kappa shape index (κ2) is 9.80. The van der Waals surface area contributed by atoms with Gasteiger partial charge in [-0.1, -0.05) is 0 Å². The zero-order valence-corrected chi connectivity index (χ0v) is 15.8. The largest absolute Gasteiger partial charge is 0.508 e. The molecule has 0 bridgehead atoms. The second-order valence-corrected chi connectivity index (χ2v) is 7.42. The number of rotatable bonds is 9. The van der Waals surface area contributed by atoms with Gasteiger partial charge in [0.25, 0.3) is 0 Å². The number of carbonyl (C=O) groups is 1. The zero-order chi connectivity index (χ0) is 19.1. The first-order valence-corrected chi connectivity index (χ1v) is 9.99. The summed E-state index contributed by atoms with van der Waals surface area (Å²) in [7, 11) is 0. The normalized spacial score (nSPS) is 18.2. The Bertz CT molecular complexity index is 585. The molecule has 1 aromatic rings. The highest BCUT2D eigenvalue weighted by molar-refractivity contribution is 5.75. The number of urea groups is 1. The van der Waals surface area contributed by atoms with Crippen molar-refractivity contribution in [2.45, 2.75) is 44.2 Å². The summed E-state index contributed by atoms with van der Waals surface area (Å²) in [5.41, 5.74) is 0. The number of aromatic hydroxyl groups is 1. The number of hydrogen-bond acceptors (Lipinski definition) is 5. The van der Waals surface area contributed by atoms with E-state index in [9.17, 15) is 15.0 Å². The monoisotopic (exact) mass is 377 g/mol. The maximum absolute atomic E-state index is 12.7. The summed E-state index contributed by atoms with van der Waals surface area (Å²) < 4.78 is 5.49. The highest BCUT2D eigenvalue weighted by atomic mass is 16.5. The van der Waals surface area contributed by atoms with Crippen LogP contribution in [0.2, 0.25) is 0 Å². The number of carbonyl (C=O) groups excluding carboxylic acids is 1. The predicted molar refractivity (Wildman–Crippen MR) is 103 cm³/mol. The van der Waals surface area contributed by atoms with Crippen LogP contribution in [0.1, 0.15) is 32.1 Å². The molecule has 2 aliphatic rings. The van der Waals surface area contributed by atoms with Gasteiger partial charge in [-0.25, -0.2) is 4.79 Å². The summed E-state index contributed by atoms with van der Waals surface area (Å²) >= 11 is 0. The molecule has 1 saturated heterocycles. The molecule has 2 fully saturated rings. The van der Waals surface area contributed by atoms with Gasteiger partial charge < -0.3 is 30.1 Å². The number of nitrogens with one attached hydrogen (secondary N) is 1. The Kier molecular flexibility index (Phi) is 7.18. The molecule has 0 spiro atoms. The Hall–Kier alpha value is -1.99. The summed E-state index contributed by atoms with van der Waals surface area (Å²) in [4.78, 5) is 16.7. The Morgan fingerprint density at radius 1 is 1.22 bits per heavy atom. The van der Waals surface area contributed by atoms with Crippen molar-refractivity contribution in [3.63, 3.8) is 0 Å². The number of ether oxygens (including phenoxy) is 1. The van der Waals surface area contributed by atoms with Crippen molar-refractivity contribution in [3.8, 4) is 11.5 Å². The van der Waals surface area contributed by atoms with Crippen molar-refractivity contribution < 1.29 is 19.7 Å². The second-order valence-electron chi connectivity index (χ2n) is 7.42. The van der Waals surface area contributed by atoms with Crippen LogP contribution in [-0.2, 0) is 0 Å². The van der Waals surface area contributed by atoms with E-state index in [2.05, 4.69) is 5.32 Å². The van der Waals surface area contributed by atoms with Crippen molar-refractivity contribution in [2.75, 3.05) is 39.3 Å². The van der Waals surface area contributed by atoms with Crippen molar-refractivity contribution in [1.29, 1.82) is 0 Å². The fourth-order valence-electron chi connectivity index (χ4n) is 3.35. The van der Waals surface area contributed by atoms with Gasteiger partial charge in [-0.3, -0.25) is 0 Å². The van der Waals surface area contributed by atoms with Crippen molar-refractivity contribution >= 4 is 6.03 Å². The van der Waals surface area contributed by atoms with Crippen molar-refractivity contribution in [2.24, 2.45) is 0 Å². The van der Waals surface area contributed by atoms with Gasteiger partial charge in [-0.2, -0.15) is 0 Å². The van der Waals surface area contributed by atoms with Gasteiger partial charge in [0.05, 0.1) is 0 Å². The Morgan fingerprint density at radius 2 is 1.93 bits per heavy atom. The molecule has 3 N–H and O–H groups in total. The van der Waals surface area contributed by atoms with Gasteiger partial charge in [0.15, 0.2) is 0 Å². The molecule has 2 amide bonds. The van der Waals surface area contributed by atoms with E-state index < -0.39 is 6.10 Å². The Labute approximate surface area is 160 Å². The van der Waals surface area contributed by atoms with E-state index in [1.54, 1.807) is 24.3 Å². The summed E-state index contributed by atoms with van der Waals surface area (Å²) in [6.07, 6.45) is 5.00. The minimum Gasteiger partial charge on any atom is -0.508 e. The van der Waals surface area contributed by atoms with Crippen molar-refractivity contribution in [1.82, 2.24) is 15.1 Å². The molecule has 7 heteroatoms. The number of amides is 2. The van der Waals surface area contributed by atoms with E-state index in [4.69, 9.17) is 4.74 Å². The van der Waals surface area contributed by atoms with Crippen LogP contribution < -0.4 is 10.1 Å². The van der Waals surface area contributed by atoms with Crippen LogP contribution in [0.25, 0.3) is 0 Å². The molecule has 1 heterocycles. The highest BCUT2D eigenvalue weighted by Gasteiger charge is 2.34. The topological polar surface area (TPSA) is 85.3 Å². The fraction of sp³-hybridized carbons (Fsp3) is 0.650. The lowest BCUT2D eigenvalue weighted by Crippen LogP contribution is -2.48. The molecule has 3 rings (SSSR count). The number of piperidine rings is 1. The maximum atomic E-state index is 12.7. The number of phenolic OH excluding ortho intramolecular Hbond substituents is 1. The van der Waals surface area contributed by atoms with Crippen LogP contribution >= 0.6 is 0 Å². The quantitative estimate of drug-likeness (QED) is 0.572. The van der Waals surface area contributed by atoms with E-state index >= 15 is 0 Å². The van der Waals surface area contributed by atoms with E-state index in [1.807, 2.05) is 9.80 Å². The molecule has 1 atom stereocenters. The third kappa shape index (κ3) is 6.29. The van der Waals surface area contributed by atoms with E-state index in [-0.39, 0.29) is 18.4 Å². The van der Waals surface area contributed by atoms with Gasteiger partial charge >= 0.3 is 6.03 Å². The SMILES string of the molecule is O=C(N1CCCCC1)N(CCNC[C@H](O)COc1ccc(O)cc1)C1CC1. The standard InChI is InChI=1S/C20H31N3O4/c24-17-6-8-19(9-7-17)27-15-18(25)14-21-10-13-23(16-4-5-16)20(26)22-11-2-1-3-12-22/h6-9,16,18,21,24-25H,1-5,10-15H2/t18-/m0/s1. The summed E-state index contributed by atoms with van der Waals surface area (Å²) in [6.45, 7) is 3.68. The van der Waals surface area contributed by atoms with Crippen LogP contribution in [0, 0.1) is 0 Å². The van der Waals surface area contributed by atoms with Crippen LogP contribution in [0.3, 0.4) is 0 Å². The molecule has 0 radical (unpaired) electrons. The van der Waals surface area contributed by atoms with Gasteiger partial charge in [0.1, 0.15) is 24.2 Å². The Balaban J connectivity index is 1.33. The van der Waals surface area contributed by atoms with Crippen molar-refractivity contribution in [3.05, 3.63) is 24.3 Å². The molecule has 0 aromatic heterocycles. The molecule has 7 nitrogen and oxygen atoms in total. The predicted octanol–water partition coefficient (Wildman–Crippen LogP) is 1.79. The maximum Gasteiger partial charge on any atom is 0.320 e. The lowest BCUT2D eigenvalue weighted by atomic mass is 10.1. The molecular formula is C20H31N3O4. The van der Waals surface area contributed by atoms with Gasteiger partial charge in [0.2, 0.25) is 0 Å². The van der Waals surface area contributed by atoms with Gasteiger partial charge in [-0.15, -0.1) is 0 Å². The molecule has 1 saturated carbocycles. The lowest BCUT2D eigenvalue weighted by molar-refractivity contribution is 0.105. The first-order valence-electron chi connectivity index (χ1n) is 9.99. The first kappa shape index (κ1) is 19.8. The Morgan fingerprint density at radius 3 is 2.59 bits per heavy atom. The average molecular weight is 377 g/mol. The molecular weight excluding hydrogens is 346 g/mol. The molecule has 1 aliphatic carbocycles. The number of benzene rings is 1. The number of aliphatic hydroxyl groups excluding tert-OH is 1. The van der Waals surface area contributed by atoms with Crippen LogP contribution in [0.4, 0.5) is 4.79 Å². The lowest BCUT2D eigenvalue weighted by Gasteiger charge is -2.33. The number of hydrogen-bond donors (Lipinski definition) is 3. The number of phenols is 1. The highest BCUT2D eigenvalue weighted by Crippen LogP contribution is 2.28. The average Bonchev–Trinajstić information content (AvgIpc) is 3.53. The molecule has 0 unspecified atom stereocenters. The van der Waals surface area contributed by atoms with Crippen LogP contribution in [0.5, 0.6) is 11.5 Å². The molecule has 150 valence electrons. The number of likely N-dealkylation sites (tertiary alicyclic amines) is 1. The smallest absolute Gasteiger partial charge is 0.320 e. The summed E-state index contributed by atoms with van der Waals surface area (Å²) in [5, 5.41) is 22.5. The first-order chi connectivity index (χ1) is 13.1. The number of nitrogens with zero attached hydrogens (tertiary/aromatic N) is 2. The molecule has 27 heavy (non-hydrogen) atoms. The summed E-state index contributed by atoms with van der Waals surface area (Å²) in [6, 6.07) is 6.99. The van der Waals surface area contributed by atoms with Crippen LogP contribution in [0.15, 0.2) is 24.3 Å². The molecule has 1 aliphatic heterocycles. The van der Waals surface area contributed by atoms with Gasteiger partial charge in [-0.05, 0) is 56.4 Å². The van der Waals surface area contributed by atoms with E-state index in [0.29, 0.717) is 31.4 Å². The van der Waals surface area contributed by atoms with Gasteiger partial charge in [0, 0.05) is 38.8 Å². The van der Waals surface area contributed by atoms with E-state index in [1.165, 1.54) is 6.42 Å². The third-order valence-corrected chi connectivity index (χ3v) is 5.05. The number of aliphatic hydroxyl groups is 1. The fourth-order valence-corrected chi connectivity index (χ4v) is 3.35. The third-order valence-electron chi connectivity index (χ3n) is 5.05. The molecule has 1 aromatic carbocycles. The summed E-state index contributed by atoms with van der Waals surface area (Å²) in [5.74, 6) is 0.794. The van der Waals surface area contributed by atoms with E-state index in [0.717, 1.165) is 38.8 Å². The minimum absolute atomic E-state index is 0.176. The minimum atomic E-state index is -0.633. The zero-order valence-electron chi connectivity index (χ0n) is 15.8. The van der Waals surface area contributed by atoms with Crippen LogP contribution in [-0.4, -0.2) is 77.5 Å².